The van der Waals surface area contributed by atoms with E-state index in [-0.39, 0.29) is 17.9 Å². The van der Waals surface area contributed by atoms with Crippen molar-refractivity contribution in [3.05, 3.63) is 53.8 Å². The summed E-state index contributed by atoms with van der Waals surface area (Å²) < 4.78 is 18.7. The normalized spacial score (nSPS) is 16.7. The maximum absolute atomic E-state index is 13.4. The maximum Gasteiger partial charge on any atom is 0.326 e. The Kier molecular flexibility index (Phi) is 4.19. The van der Waals surface area contributed by atoms with E-state index in [2.05, 4.69) is 5.32 Å². The molecule has 0 radical (unpaired) electrons. The Morgan fingerprint density at radius 2 is 2.09 bits per heavy atom. The van der Waals surface area contributed by atoms with Gasteiger partial charge in [-0.05, 0) is 55.7 Å². The van der Waals surface area contributed by atoms with Gasteiger partial charge in [0.15, 0.2) is 0 Å². The van der Waals surface area contributed by atoms with Crippen LogP contribution in [0.15, 0.2) is 42.5 Å². The SMILES string of the molecule is COc1ccccc1NC(=O)N1c2ccc(F)cc2CCC1C. The van der Waals surface area contributed by atoms with E-state index in [1.54, 1.807) is 30.2 Å². The average molecular weight is 314 g/mol. The highest BCUT2D eigenvalue weighted by Crippen LogP contribution is 2.32. The van der Waals surface area contributed by atoms with Gasteiger partial charge in [-0.15, -0.1) is 0 Å². The molecule has 1 N–H and O–H groups in total. The summed E-state index contributed by atoms with van der Waals surface area (Å²) in [6.45, 7) is 1.99. The van der Waals surface area contributed by atoms with Gasteiger partial charge in [-0.2, -0.15) is 0 Å². The second kappa shape index (κ2) is 6.28. The maximum atomic E-state index is 13.4. The van der Waals surface area contributed by atoms with E-state index in [4.69, 9.17) is 4.74 Å². The van der Waals surface area contributed by atoms with Crippen LogP contribution in [-0.2, 0) is 6.42 Å². The van der Waals surface area contributed by atoms with E-state index < -0.39 is 0 Å². The lowest BCUT2D eigenvalue weighted by atomic mass is 9.97. The van der Waals surface area contributed by atoms with Crippen LogP contribution in [0, 0.1) is 5.82 Å². The third-order valence-electron chi connectivity index (χ3n) is 4.14. The quantitative estimate of drug-likeness (QED) is 0.902. The molecule has 1 heterocycles. The Morgan fingerprint density at radius 3 is 2.87 bits per heavy atom. The number of urea groups is 1. The number of anilines is 2. The molecule has 1 aliphatic heterocycles. The molecule has 4 nitrogen and oxygen atoms in total. The van der Waals surface area contributed by atoms with E-state index in [0.717, 1.165) is 24.1 Å². The first-order valence-electron chi connectivity index (χ1n) is 7.62. The number of ether oxygens (including phenoxy) is 1. The number of methoxy groups -OCH3 is 1. The molecule has 5 heteroatoms. The van der Waals surface area contributed by atoms with Crippen LogP contribution in [0.3, 0.4) is 0 Å². The molecule has 0 fully saturated rings. The van der Waals surface area contributed by atoms with Crippen molar-refractivity contribution >= 4 is 17.4 Å². The van der Waals surface area contributed by atoms with Crippen LogP contribution in [0.2, 0.25) is 0 Å². The third kappa shape index (κ3) is 2.99. The monoisotopic (exact) mass is 314 g/mol. The molecule has 2 aromatic rings. The fourth-order valence-corrected chi connectivity index (χ4v) is 2.95. The second-order valence-electron chi connectivity index (χ2n) is 5.66. The smallest absolute Gasteiger partial charge is 0.326 e. The minimum atomic E-state index is -0.275. The zero-order valence-electron chi connectivity index (χ0n) is 13.2. The predicted octanol–water partition coefficient (Wildman–Crippen LogP) is 4.21. The number of carbonyl (C=O) groups is 1. The molecule has 0 bridgehead atoms. The van der Waals surface area contributed by atoms with Crippen LogP contribution in [0.25, 0.3) is 0 Å². The molecule has 3 rings (SSSR count). The molecule has 0 saturated carbocycles. The molecule has 1 aliphatic rings. The minimum absolute atomic E-state index is 0.0441. The van der Waals surface area contributed by atoms with Crippen molar-refractivity contribution in [3.63, 3.8) is 0 Å². The van der Waals surface area contributed by atoms with Gasteiger partial charge in [0.2, 0.25) is 0 Å². The zero-order chi connectivity index (χ0) is 16.4. The number of nitrogens with one attached hydrogen (secondary N) is 1. The van der Waals surface area contributed by atoms with Crippen molar-refractivity contribution in [1.82, 2.24) is 0 Å². The summed E-state index contributed by atoms with van der Waals surface area (Å²) in [7, 11) is 1.56. The molecule has 1 atom stereocenters. The summed E-state index contributed by atoms with van der Waals surface area (Å²) in [5, 5.41) is 2.89. The Hall–Kier alpha value is -2.56. The van der Waals surface area contributed by atoms with E-state index in [0.29, 0.717) is 11.4 Å². The molecule has 1 unspecified atom stereocenters. The number of rotatable bonds is 2. The van der Waals surface area contributed by atoms with Crippen molar-refractivity contribution < 1.29 is 13.9 Å². The molecule has 120 valence electrons. The van der Waals surface area contributed by atoms with Crippen molar-refractivity contribution in [1.29, 1.82) is 0 Å². The van der Waals surface area contributed by atoms with Gasteiger partial charge < -0.3 is 10.1 Å². The predicted molar refractivity (Wildman–Crippen MR) is 88.7 cm³/mol. The third-order valence-corrected chi connectivity index (χ3v) is 4.14. The zero-order valence-corrected chi connectivity index (χ0v) is 13.2. The fourth-order valence-electron chi connectivity index (χ4n) is 2.95. The standard InChI is InChI=1S/C18H19FN2O2/c1-12-7-8-13-11-14(19)9-10-16(13)21(12)18(22)20-15-5-3-4-6-17(15)23-2/h3-6,9-12H,7-8H2,1-2H3,(H,20,22). The van der Waals surface area contributed by atoms with Gasteiger partial charge in [0.1, 0.15) is 11.6 Å². The number of amides is 2. The molecule has 0 aromatic heterocycles. The van der Waals surface area contributed by atoms with Gasteiger partial charge in [0.25, 0.3) is 0 Å². The van der Waals surface area contributed by atoms with E-state index >= 15 is 0 Å². The highest BCUT2D eigenvalue weighted by Gasteiger charge is 2.28. The summed E-state index contributed by atoms with van der Waals surface area (Å²) in [6, 6.07) is 11.6. The Balaban J connectivity index is 1.90. The summed E-state index contributed by atoms with van der Waals surface area (Å²) in [5.74, 6) is 0.327. The Bertz CT molecular complexity index is 733. The number of hydrogen-bond donors (Lipinski definition) is 1. The van der Waals surface area contributed by atoms with Gasteiger partial charge in [0.05, 0.1) is 12.8 Å². The lowest BCUT2D eigenvalue weighted by Gasteiger charge is -2.35. The number of benzene rings is 2. The Morgan fingerprint density at radius 1 is 1.30 bits per heavy atom. The highest BCUT2D eigenvalue weighted by atomic mass is 19.1. The lowest BCUT2D eigenvalue weighted by molar-refractivity contribution is 0.254. The minimum Gasteiger partial charge on any atom is -0.495 e. The molecule has 2 amide bonds. The van der Waals surface area contributed by atoms with Crippen LogP contribution in [0.5, 0.6) is 5.75 Å². The second-order valence-corrected chi connectivity index (χ2v) is 5.66. The fraction of sp³-hybridized carbons (Fsp3) is 0.278. The lowest BCUT2D eigenvalue weighted by Crippen LogP contribution is -2.44. The van der Waals surface area contributed by atoms with Crippen LogP contribution in [-0.4, -0.2) is 19.2 Å². The molecule has 0 saturated heterocycles. The number of aryl methyl sites for hydroxylation is 1. The van der Waals surface area contributed by atoms with Crippen molar-refractivity contribution in [2.45, 2.75) is 25.8 Å². The molecule has 2 aromatic carbocycles. The topological polar surface area (TPSA) is 41.6 Å². The highest BCUT2D eigenvalue weighted by molar-refractivity contribution is 6.03. The average Bonchev–Trinajstić information content (AvgIpc) is 2.55. The number of halogens is 1. The van der Waals surface area contributed by atoms with Crippen LogP contribution in [0.1, 0.15) is 18.9 Å². The van der Waals surface area contributed by atoms with Crippen molar-refractivity contribution in [3.8, 4) is 5.75 Å². The van der Waals surface area contributed by atoms with Gasteiger partial charge in [-0.25, -0.2) is 9.18 Å². The number of nitrogens with zero attached hydrogens (tertiary/aromatic N) is 1. The van der Waals surface area contributed by atoms with Crippen molar-refractivity contribution in [2.75, 3.05) is 17.3 Å². The van der Waals surface area contributed by atoms with E-state index in [9.17, 15) is 9.18 Å². The van der Waals surface area contributed by atoms with E-state index in [1.807, 2.05) is 19.1 Å². The number of carbonyl (C=O) groups excluding carboxylic acids is 1. The van der Waals surface area contributed by atoms with Crippen LogP contribution in [0.4, 0.5) is 20.6 Å². The number of hydrogen-bond acceptors (Lipinski definition) is 2. The van der Waals surface area contributed by atoms with Gasteiger partial charge in [0, 0.05) is 11.7 Å². The number of fused-ring (bicyclic) bond motifs is 1. The van der Waals surface area contributed by atoms with Crippen LogP contribution >= 0.6 is 0 Å². The first-order chi connectivity index (χ1) is 11.1. The molecular formula is C18H19FN2O2. The van der Waals surface area contributed by atoms with Gasteiger partial charge in [-0.3, -0.25) is 4.90 Å². The van der Waals surface area contributed by atoms with E-state index in [1.165, 1.54) is 12.1 Å². The molecule has 23 heavy (non-hydrogen) atoms. The number of para-hydroxylation sites is 2. The summed E-state index contributed by atoms with van der Waals surface area (Å²) in [6.07, 6.45) is 1.57. The molecule has 0 spiro atoms. The first kappa shape index (κ1) is 15.3. The Labute approximate surface area is 134 Å². The molecule has 0 aliphatic carbocycles. The molecular weight excluding hydrogens is 295 g/mol. The van der Waals surface area contributed by atoms with Gasteiger partial charge >= 0.3 is 6.03 Å². The largest absolute Gasteiger partial charge is 0.495 e. The summed E-state index contributed by atoms with van der Waals surface area (Å²) in [5.41, 5.74) is 2.23. The summed E-state index contributed by atoms with van der Waals surface area (Å²) >= 11 is 0. The van der Waals surface area contributed by atoms with Crippen molar-refractivity contribution in [2.24, 2.45) is 0 Å². The first-order valence-corrected chi connectivity index (χ1v) is 7.62. The van der Waals surface area contributed by atoms with Gasteiger partial charge in [-0.1, -0.05) is 12.1 Å². The van der Waals surface area contributed by atoms with Crippen LogP contribution < -0.4 is 15.0 Å². The summed E-state index contributed by atoms with van der Waals surface area (Å²) in [4.78, 5) is 14.4.